The summed E-state index contributed by atoms with van der Waals surface area (Å²) in [5.74, 6) is 0. The lowest BCUT2D eigenvalue weighted by Gasteiger charge is -2.05. The van der Waals surface area contributed by atoms with Crippen LogP contribution in [0.1, 0.15) is 11.1 Å². The minimum absolute atomic E-state index is 0.0657. The van der Waals surface area contributed by atoms with E-state index in [0.29, 0.717) is 10.6 Å². The number of halogens is 2. The Morgan fingerprint density at radius 3 is 2.32 bits per heavy atom. The van der Waals surface area contributed by atoms with Gasteiger partial charge in [0.05, 0.1) is 4.90 Å². The molecule has 0 atom stereocenters. The maximum atomic E-state index is 12.5. The van der Waals surface area contributed by atoms with Crippen molar-refractivity contribution in [1.82, 2.24) is 0 Å². The SMILES string of the molecule is Cc1ccc(S(=O)(=O)/C(C#N)=C/c2ccc(Cl)cc2Cl)cc1. The molecule has 0 saturated heterocycles. The summed E-state index contributed by atoms with van der Waals surface area (Å²) in [7, 11) is -3.88. The van der Waals surface area contributed by atoms with Crippen molar-refractivity contribution in [2.24, 2.45) is 0 Å². The van der Waals surface area contributed by atoms with Gasteiger partial charge in [-0.2, -0.15) is 5.26 Å². The smallest absolute Gasteiger partial charge is 0.216 e. The van der Waals surface area contributed by atoms with Gasteiger partial charge in [0.2, 0.25) is 9.84 Å². The first kappa shape index (κ1) is 16.6. The second-order valence-corrected chi connectivity index (χ2v) is 7.36. The van der Waals surface area contributed by atoms with Gasteiger partial charge >= 0.3 is 0 Å². The number of nitriles is 1. The molecule has 2 rings (SSSR count). The molecule has 0 unspecified atom stereocenters. The summed E-state index contributed by atoms with van der Waals surface area (Å²) in [5.41, 5.74) is 1.35. The number of nitrogens with zero attached hydrogens (tertiary/aromatic N) is 1. The van der Waals surface area contributed by atoms with Crippen LogP contribution >= 0.6 is 23.2 Å². The van der Waals surface area contributed by atoms with Gasteiger partial charge in [-0.05, 0) is 42.8 Å². The number of aryl methyl sites for hydroxylation is 1. The van der Waals surface area contributed by atoms with Gasteiger partial charge in [-0.1, -0.05) is 47.0 Å². The number of allylic oxidation sites excluding steroid dienone is 1. The Bertz CT molecular complexity index is 879. The third-order valence-electron chi connectivity index (χ3n) is 2.98. The van der Waals surface area contributed by atoms with Crippen molar-refractivity contribution in [3.05, 3.63) is 68.5 Å². The van der Waals surface area contributed by atoms with Crippen LogP contribution in [0.2, 0.25) is 10.0 Å². The highest BCUT2D eigenvalue weighted by Gasteiger charge is 2.21. The van der Waals surface area contributed by atoms with Gasteiger partial charge in [0.1, 0.15) is 11.0 Å². The van der Waals surface area contributed by atoms with Crippen LogP contribution in [0.25, 0.3) is 6.08 Å². The molecule has 0 heterocycles. The second kappa shape index (κ2) is 6.53. The summed E-state index contributed by atoms with van der Waals surface area (Å²) >= 11 is 11.8. The van der Waals surface area contributed by atoms with Gasteiger partial charge in [0.15, 0.2) is 0 Å². The van der Waals surface area contributed by atoms with Gasteiger partial charge in [-0.15, -0.1) is 0 Å². The normalized spacial score (nSPS) is 12.0. The largest absolute Gasteiger partial charge is 0.218 e. The fourth-order valence-corrected chi connectivity index (χ4v) is 3.39. The van der Waals surface area contributed by atoms with E-state index in [1.54, 1.807) is 30.3 Å². The van der Waals surface area contributed by atoms with Crippen LogP contribution in [0, 0.1) is 18.3 Å². The van der Waals surface area contributed by atoms with Gasteiger partial charge in [0.25, 0.3) is 0 Å². The molecule has 0 aliphatic carbocycles. The Morgan fingerprint density at radius 1 is 1.14 bits per heavy atom. The fourth-order valence-electron chi connectivity index (χ4n) is 1.77. The Balaban J connectivity index is 2.53. The standard InChI is InChI=1S/C16H11Cl2NO2S/c1-11-2-6-14(7-3-11)22(20,21)15(10-19)8-12-4-5-13(17)9-16(12)18/h2-9H,1H3/b15-8+. The van der Waals surface area contributed by atoms with E-state index in [4.69, 9.17) is 23.2 Å². The number of hydrogen-bond acceptors (Lipinski definition) is 3. The van der Waals surface area contributed by atoms with E-state index in [1.165, 1.54) is 24.3 Å². The molecule has 0 N–H and O–H groups in total. The van der Waals surface area contributed by atoms with Crippen molar-refractivity contribution in [1.29, 1.82) is 5.26 Å². The predicted octanol–water partition coefficient (Wildman–Crippen LogP) is 4.64. The highest BCUT2D eigenvalue weighted by molar-refractivity contribution is 7.95. The Morgan fingerprint density at radius 2 is 1.77 bits per heavy atom. The average molecular weight is 352 g/mol. The maximum absolute atomic E-state index is 12.5. The summed E-state index contributed by atoms with van der Waals surface area (Å²) in [5, 5.41) is 9.93. The molecule has 2 aromatic rings. The number of rotatable bonds is 3. The van der Waals surface area contributed by atoms with Gasteiger partial charge < -0.3 is 0 Å². The van der Waals surface area contributed by atoms with E-state index in [2.05, 4.69) is 0 Å². The van der Waals surface area contributed by atoms with Crippen LogP contribution in [-0.4, -0.2) is 8.42 Å². The number of sulfone groups is 1. The van der Waals surface area contributed by atoms with Crippen molar-refractivity contribution in [3.8, 4) is 6.07 Å². The van der Waals surface area contributed by atoms with Crippen molar-refractivity contribution in [2.75, 3.05) is 0 Å². The first-order chi connectivity index (χ1) is 10.3. The molecule has 112 valence electrons. The molecule has 0 aromatic heterocycles. The van der Waals surface area contributed by atoms with Gasteiger partial charge in [0, 0.05) is 10.0 Å². The molecule has 0 aliphatic heterocycles. The third kappa shape index (κ3) is 3.50. The third-order valence-corrected chi connectivity index (χ3v) is 5.22. The van der Waals surface area contributed by atoms with Crippen LogP contribution < -0.4 is 0 Å². The second-order valence-electron chi connectivity index (χ2n) is 4.60. The average Bonchev–Trinajstić information content (AvgIpc) is 2.46. The summed E-state index contributed by atoms with van der Waals surface area (Å²) in [6, 6.07) is 12.7. The highest BCUT2D eigenvalue weighted by Crippen LogP contribution is 2.26. The minimum Gasteiger partial charge on any atom is -0.218 e. The first-order valence-corrected chi connectivity index (χ1v) is 8.47. The van der Waals surface area contributed by atoms with E-state index in [9.17, 15) is 13.7 Å². The van der Waals surface area contributed by atoms with Crippen LogP contribution in [-0.2, 0) is 9.84 Å². The summed E-state index contributed by atoms with van der Waals surface area (Å²) < 4.78 is 25.0. The highest BCUT2D eigenvalue weighted by atomic mass is 35.5. The lowest BCUT2D eigenvalue weighted by atomic mass is 10.2. The molecule has 3 nitrogen and oxygen atoms in total. The number of benzene rings is 2. The van der Waals surface area contributed by atoms with E-state index < -0.39 is 9.84 Å². The van der Waals surface area contributed by atoms with E-state index >= 15 is 0 Å². The molecule has 0 amide bonds. The first-order valence-electron chi connectivity index (χ1n) is 6.23. The zero-order valence-electron chi connectivity index (χ0n) is 11.5. The molecule has 0 bridgehead atoms. The summed E-state index contributed by atoms with van der Waals surface area (Å²) in [6.07, 6.45) is 1.24. The van der Waals surface area contributed by atoms with Crippen LogP contribution in [0.15, 0.2) is 52.3 Å². The predicted molar refractivity (Wildman–Crippen MR) is 88.4 cm³/mol. The lowest BCUT2D eigenvalue weighted by molar-refractivity contribution is 0.603. The van der Waals surface area contributed by atoms with Crippen LogP contribution in [0.5, 0.6) is 0 Å². The topological polar surface area (TPSA) is 57.9 Å². The molecule has 0 saturated carbocycles. The Kier molecular flexibility index (Phi) is 4.92. The van der Waals surface area contributed by atoms with Gasteiger partial charge in [-0.25, -0.2) is 8.42 Å². The Hall–Kier alpha value is -1.80. The van der Waals surface area contributed by atoms with E-state index in [-0.39, 0.29) is 14.8 Å². The number of hydrogen-bond donors (Lipinski definition) is 0. The van der Waals surface area contributed by atoms with Crippen LogP contribution in [0.4, 0.5) is 0 Å². The summed E-state index contributed by atoms with van der Waals surface area (Å²) in [6.45, 7) is 1.85. The zero-order valence-corrected chi connectivity index (χ0v) is 13.9. The molecule has 6 heteroatoms. The van der Waals surface area contributed by atoms with E-state index in [1.807, 2.05) is 6.92 Å². The quantitative estimate of drug-likeness (QED) is 0.756. The lowest BCUT2D eigenvalue weighted by Crippen LogP contribution is -2.03. The van der Waals surface area contributed by atoms with Crippen molar-refractivity contribution >= 4 is 39.1 Å². The maximum Gasteiger partial charge on any atom is 0.216 e. The van der Waals surface area contributed by atoms with Crippen molar-refractivity contribution < 1.29 is 8.42 Å². The molecule has 0 aliphatic rings. The molecule has 22 heavy (non-hydrogen) atoms. The Labute approximate surface area is 139 Å². The molecule has 0 spiro atoms. The molecular weight excluding hydrogens is 341 g/mol. The van der Waals surface area contributed by atoms with Crippen molar-refractivity contribution in [2.45, 2.75) is 11.8 Å². The zero-order chi connectivity index (χ0) is 16.3. The minimum atomic E-state index is -3.88. The summed E-state index contributed by atoms with van der Waals surface area (Å²) in [4.78, 5) is -0.309. The van der Waals surface area contributed by atoms with Crippen LogP contribution in [0.3, 0.4) is 0 Å². The van der Waals surface area contributed by atoms with Crippen molar-refractivity contribution in [3.63, 3.8) is 0 Å². The molecular formula is C16H11Cl2NO2S. The molecule has 0 fully saturated rings. The monoisotopic (exact) mass is 351 g/mol. The van der Waals surface area contributed by atoms with Gasteiger partial charge in [-0.3, -0.25) is 0 Å². The molecule has 2 aromatic carbocycles. The fraction of sp³-hybridized carbons (Fsp3) is 0.0625. The molecule has 0 radical (unpaired) electrons. The van der Waals surface area contributed by atoms with E-state index in [0.717, 1.165) is 5.56 Å².